The first kappa shape index (κ1) is 26.3. The third-order valence-corrected chi connectivity index (χ3v) is 6.90. The second kappa shape index (κ2) is 7.86. The minimum atomic E-state index is -6.29. The highest BCUT2D eigenvalue weighted by atomic mass is 19.4. The Morgan fingerprint density at radius 3 is 1.08 bits per heavy atom. The minimum absolute atomic E-state index is 0.153. The standard InChI is InChI=1S/C26H26F8N2/c1-13-9-15(3)19(16(4)10-13)35-7-8-36(20-17(5)11-14(2)12-18(20)6)22(35)21-23(27,28)25(31,32)26(33,34)24(21,29)30/h9-12H,7-8H2,1-6H3. The first-order valence-electron chi connectivity index (χ1n) is 11.3. The molecule has 1 aliphatic carbocycles. The van der Waals surface area contributed by atoms with Crippen molar-refractivity contribution in [3.05, 3.63) is 69.0 Å². The zero-order valence-electron chi connectivity index (χ0n) is 20.6. The fraction of sp³-hybridized carbons (Fsp3) is 0.462. The van der Waals surface area contributed by atoms with Gasteiger partial charge in [-0.05, 0) is 63.8 Å². The van der Waals surface area contributed by atoms with Crippen LogP contribution in [0.1, 0.15) is 33.4 Å². The Labute approximate surface area is 204 Å². The van der Waals surface area contributed by atoms with Gasteiger partial charge in [-0.25, -0.2) is 0 Å². The number of halogens is 8. The van der Waals surface area contributed by atoms with Crippen molar-refractivity contribution >= 4 is 11.4 Å². The van der Waals surface area contributed by atoms with Gasteiger partial charge in [0.25, 0.3) is 0 Å². The van der Waals surface area contributed by atoms with Gasteiger partial charge in [0, 0.05) is 24.5 Å². The van der Waals surface area contributed by atoms with E-state index in [-0.39, 0.29) is 24.5 Å². The quantitative estimate of drug-likeness (QED) is 0.377. The van der Waals surface area contributed by atoms with Gasteiger partial charge < -0.3 is 9.80 Å². The molecule has 1 heterocycles. The summed E-state index contributed by atoms with van der Waals surface area (Å²) in [6.45, 7) is 9.73. The predicted molar refractivity (Wildman–Crippen MR) is 123 cm³/mol. The van der Waals surface area contributed by atoms with E-state index >= 15 is 17.6 Å². The molecule has 4 rings (SSSR count). The average Bonchev–Trinajstić information content (AvgIpc) is 3.11. The van der Waals surface area contributed by atoms with Crippen LogP contribution >= 0.6 is 0 Å². The number of anilines is 2. The lowest BCUT2D eigenvalue weighted by Gasteiger charge is -2.33. The molecule has 36 heavy (non-hydrogen) atoms. The van der Waals surface area contributed by atoms with E-state index in [9.17, 15) is 17.6 Å². The monoisotopic (exact) mass is 518 g/mol. The van der Waals surface area contributed by atoms with E-state index < -0.39 is 35.1 Å². The molecule has 0 N–H and O–H groups in total. The lowest BCUT2D eigenvalue weighted by atomic mass is 10.0. The molecular weight excluding hydrogens is 492 g/mol. The maximum Gasteiger partial charge on any atom is 0.383 e. The van der Waals surface area contributed by atoms with Crippen LogP contribution in [0.15, 0.2) is 35.7 Å². The van der Waals surface area contributed by atoms with Crippen LogP contribution in [0, 0.1) is 41.5 Å². The second-order valence-electron chi connectivity index (χ2n) is 9.79. The summed E-state index contributed by atoms with van der Waals surface area (Å²) in [6, 6.07) is 6.74. The number of aryl methyl sites for hydroxylation is 6. The van der Waals surface area contributed by atoms with Crippen LogP contribution in [0.5, 0.6) is 0 Å². The number of alkyl halides is 8. The average molecular weight is 518 g/mol. The molecule has 0 aromatic heterocycles. The SMILES string of the molecule is Cc1cc(C)c(N2CCN(c3c(C)cc(C)cc3C)C2=C2C(F)(F)C(F)(F)C(F)(F)C2(F)F)c(C)c1. The fourth-order valence-corrected chi connectivity index (χ4v) is 5.65. The van der Waals surface area contributed by atoms with E-state index in [1.54, 1.807) is 65.8 Å². The number of nitrogens with zero attached hydrogens (tertiary/aromatic N) is 2. The van der Waals surface area contributed by atoms with Gasteiger partial charge in [0.1, 0.15) is 11.4 Å². The number of rotatable bonds is 2. The normalized spacial score (nSPS) is 22.1. The van der Waals surface area contributed by atoms with Gasteiger partial charge in [-0.1, -0.05) is 35.4 Å². The largest absolute Gasteiger partial charge is 0.383 e. The molecule has 2 aromatic carbocycles. The highest BCUT2D eigenvalue weighted by Crippen LogP contribution is 2.67. The van der Waals surface area contributed by atoms with Crippen molar-refractivity contribution in [1.29, 1.82) is 0 Å². The van der Waals surface area contributed by atoms with Crippen molar-refractivity contribution in [2.24, 2.45) is 0 Å². The van der Waals surface area contributed by atoms with Crippen molar-refractivity contribution in [3.8, 4) is 0 Å². The molecule has 0 bridgehead atoms. The molecule has 2 aromatic rings. The lowest BCUT2D eigenvalue weighted by Crippen LogP contribution is -2.51. The molecule has 2 aliphatic rings. The summed E-state index contributed by atoms with van der Waals surface area (Å²) in [5.41, 5.74) is 1.54. The zero-order chi connectivity index (χ0) is 27.2. The Morgan fingerprint density at radius 1 is 0.528 bits per heavy atom. The Kier molecular flexibility index (Phi) is 5.74. The Morgan fingerprint density at radius 2 is 0.806 bits per heavy atom. The third kappa shape index (κ3) is 3.28. The van der Waals surface area contributed by atoms with Gasteiger partial charge >= 0.3 is 23.7 Å². The van der Waals surface area contributed by atoms with E-state index in [4.69, 9.17) is 0 Å². The zero-order valence-corrected chi connectivity index (χ0v) is 20.6. The van der Waals surface area contributed by atoms with Crippen LogP contribution in [-0.4, -0.2) is 36.8 Å². The lowest BCUT2D eigenvalue weighted by molar-refractivity contribution is -0.303. The molecule has 1 saturated heterocycles. The molecule has 196 valence electrons. The molecule has 0 amide bonds. The van der Waals surface area contributed by atoms with Crippen LogP contribution in [0.4, 0.5) is 46.5 Å². The molecule has 2 fully saturated rings. The Hall–Kier alpha value is -2.78. The molecular formula is C26H26F8N2. The van der Waals surface area contributed by atoms with Gasteiger partial charge in [-0.3, -0.25) is 0 Å². The van der Waals surface area contributed by atoms with Crippen LogP contribution in [0.25, 0.3) is 0 Å². The fourth-order valence-electron chi connectivity index (χ4n) is 5.65. The smallest absolute Gasteiger partial charge is 0.325 e. The van der Waals surface area contributed by atoms with E-state index in [1.807, 2.05) is 0 Å². The number of hydrogen-bond acceptors (Lipinski definition) is 2. The summed E-state index contributed by atoms with van der Waals surface area (Å²) in [7, 11) is 0. The number of allylic oxidation sites excluding steroid dienone is 1. The van der Waals surface area contributed by atoms with Crippen molar-refractivity contribution < 1.29 is 35.1 Å². The molecule has 0 unspecified atom stereocenters. The van der Waals surface area contributed by atoms with Gasteiger partial charge in [-0.15, -0.1) is 0 Å². The van der Waals surface area contributed by atoms with Gasteiger partial charge in [0.05, 0.1) is 0 Å². The summed E-state index contributed by atoms with van der Waals surface area (Å²) in [4.78, 5) is 2.11. The summed E-state index contributed by atoms with van der Waals surface area (Å²) in [5, 5.41) is 0. The number of benzene rings is 2. The second-order valence-corrected chi connectivity index (χ2v) is 9.79. The topological polar surface area (TPSA) is 6.48 Å². The third-order valence-electron chi connectivity index (χ3n) is 6.90. The highest BCUT2D eigenvalue weighted by Gasteiger charge is 2.92. The van der Waals surface area contributed by atoms with Gasteiger partial charge in [0.15, 0.2) is 0 Å². The maximum absolute atomic E-state index is 15.1. The van der Waals surface area contributed by atoms with Crippen LogP contribution < -0.4 is 9.80 Å². The molecule has 1 saturated carbocycles. The van der Waals surface area contributed by atoms with E-state index in [0.717, 1.165) is 20.9 Å². The minimum Gasteiger partial charge on any atom is -0.325 e. The van der Waals surface area contributed by atoms with Crippen LogP contribution in [-0.2, 0) is 0 Å². The van der Waals surface area contributed by atoms with Crippen molar-refractivity contribution in [1.82, 2.24) is 0 Å². The van der Waals surface area contributed by atoms with Crippen LogP contribution in [0.3, 0.4) is 0 Å². The van der Waals surface area contributed by atoms with Crippen molar-refractivity contribution in [2.45, 2.75) is 65.2 Å². The molecule has 0 radical (unpaired) electrons. The van der Waals surface area contributed by atoms with Crippen molar-refractivity contribution in [3.63, 3.8) is 0 Å². The maximum atomic E-state index is 15.1. The first-order valence-corrected chi connectivity index (χ1v) is 11.3. The molecule has 2 nitrogen and oxygen atoms in total. The molecule has 1 aliphatic heterocycles. The van der Waals surface area contributed by atoms with E-state index in [0.29, 0.717) is 22.3 Å². The summed E-state index contributed by atoms with van der Waals surface area (Å²) in [6.07, 6.45) is 0. The first-order chi connectivity index (χ1) is 16.4. The molecule has 0 spiro atoms. The Bertz CT molecular complexity index is 1140. The van der Waals surface area contributed by atoms with E-state index in [1.165, 1.54) is 0 Å². The molecule has 10 heteroatoms. The predicted octanol–water partition coefficient (Wildman–Crippen LogP) is 7.63. The summed E-state index contributed by atoms with van der Waals surface area (Å²) >= 11 is 0. The summed E-state index contributed by atoms with van der Waals surface area (Å²) in [5.74, 6) is -25.2. The van der Waals surface area contributed by atoms with Gasteiger partial charge in [0.2, 0.25) is 0 Å². The summed E-state index contributed by atoms with van der Waals surface area (Å²) < 4.78 is 118. The van der Waals surface area contributed by atoms with Crippen LogP contribution in [0.2, 0.25) is 0 Å². The molecule has 0 atom stereocenters. The van der Waals surface area contributed by atoms with Gasteiger partial charge in [-0.2, -0.15) is 35.1 Å². The van der Waals surface area contributed by atoms with E-state index in [2.05, 4.69) is 0 Å². The van der Waals surface area contributed by atoms with Crippen molar-refractivity contribution in [2.75, 3.05) is 22.9 Å². The highest BCUT2D eigenvalue weighted by molar-refractivity contribution is 5.74. The number of hydrogen-bond donors (Lipinski definition) is 0. The Balaban J connectivity index is 2.13.